The maximum absolute atomic E-state index is 11.7. The second kappa shape index (κ2) is 5.50. The smallest absolute Gasteiger partial charge is 0.297 e. The summed E-state index contributed by atoms with van der Waals surface area (Å²) in [6, 6.07) is 0. The Labute approximate surface area is 104 Å². The monoisotopic (exact) mass is 280 g/mol. The van der Waals surface area contributed by atoms with Crippen molar-refractivity contribution in [3.63, 3.8) is 0 Å². The third-order valence-corrected chi connectivity index (χ3v) is 3.37. The number of aromatic nitrogens is 2. The molecule has 0 amide bonds. The van der Waals surface area contributed by atoms with Gasteiger partial charge in [0, 0.05) is 12.8 Å². The molecule has 0 radical (unpaired) electrons. The molecule has 1 aromatic rings. The molecule has 0 bridgehead atoms. The summed E-state index contributed by atoms with van der Waals surface area (Å²) >= 11 is 5.66. The van der Waals surface area contributed by atoms with E-state index in [1.807, 2.05) is 0 Å². The van der Waals surface area contributed by atoms with Crippen molar-refractivity contribution in [2.24, 2.45) is 0 Å². The highest BCUT2D eigenvalue weighted by molar-refractivity contribution is 7.90. The summed E-state index contributed by atoms with van der Waals surface area (Å²) in [5, 5.41) is -0.00290. The van der Waals surface area contributed by atoms with Gasteiger partial charge in [0.05, 0.1) is 19.2 Å². The van der Waals surface area contributed by atoms with E-state index < -0.39 is 15.4 Å². The molecule has 1 heterocycles. The second-order valence-corrected chi connectivity index (χ2v) is 6.17. The van der Waals surface area contributed by atoms with Gasteiger partial charge in [-0.15, -0.1) is 0 Å². The molecule has 0 aromatic carbocycles. The fourth-order valence-corrected chi connectivity index (χ4v) is 2.13. The van der Waals surface area contributed by atoms with E-state index in [4.69, 9.17) is 16.3 Å². The Hall–Kier alpha value is -1.08. The maximum Gasteiger partial charge on any atom is 0.297 e. The average Bonchev–Trinajstić information content (AvgIpc) is 2.20. The van der Waals surface area contributed by atoms with E-state index in [2.05, 4.69) is 4.98 Å². The van der Waals surface area contributed by atoms with Crippen LogP contribution in [0.4, 0.5) is 0 Å². The molecule has 96 valence electrons. The molecule has 0 fully saturated rings. The summed E-state index contributed by atoms with van der Waals surface area (Å²) in [7, 11) is -1.70. The van der Waals surface area contributed by atoms with Crippen LogP contribution in [0.5, 0.6) is 5.75 Å². The first-order chi connectivity index (χ1) is 7.85. The van der Waals surface area contributed by atoms with Crippen molar-refractivity contribution < 1.29 is 13.2 Å². The lowest BCUT2D eigenvalue weighted by atomic mass is 10.4. The molecule has 0 aliphatic rings. The number of halogens is 1. The molecule has 0 spiro atoms. The number of nitrogens with zero attached hydrogens (tertiary/aromatic N) is 2. The van der Waals surface area contributed by atoms with Gasteiger partial charge < -0.3 is 4.74 Å². The van der Waals surface area contributed by atoms with Crippen LogP contribution in [0.3, 0.4) is 0 Å². The Balaban J connectivity index is 2.83. The molecule has 0 saturated carbocycles. The summed E-state index contributed by atoms with van der Waals surface area (Å²) in [6.45, 7) is 0.256. The lowest BCUT2D eigenvalue weighted by Crippen LogP contribution is -2.23. The van der Waals surface area contributed by atoms with Crippen LogP contribution >= 0.6 is 11.6 Å². The van der Waals surface area contributed by atoms with Gasteiger partial charge in [0.15, 0.2) is 5.15 Å². The lowest BCUT2D eigenvalue weighted by molar-refractivity contribution is 0.399. The molecule has 0 atom stereocenters. The van der Waals surface area contributed by atoms with Crippen molar-refractivity contribution >= 4 is 21.4 Å². The Morgan fingerprint density at radius 2 is 2.18 bits per heavy atom. The number of hydrogen-bond donors (Lipinski definition) is 0. The predicted octanol–water partition coefficient (Wildman–Crippen LogP) is 0.340. The summed E-state index contributed by atoms with van der Waals surface area (Å²) in [6.07, 6.45) is 2.76. The third-order valence-electron chi connectivity index (χ3n) is 2.07. The highest BCUT2D eigenvalue weighted by Crippen LogP contribution is 2.14. The van der Waals surface area contributed by atoms with E-state index in [1.165, 1.54) is 18.0 Å². The predicted molar refractivity (Wildman–Crippen MR) is 64.4 cm³/mol. The molecule has 0 saturated heterocycles. The van der Waals surface area contributed by atoms with E-state index >= 15 is 0 Å². The minimum atomic E-state index is -3.02. The first-order valence-electron chi connectivity index (χ1n) is 4.82. The van der Waals surface area contributed by atoms with Gasteiger partial charge in [0.25, 0.3) is 5.56 Å². The minimum absolute atomic E-state index is 0.00290. The molecular weight excluding hydrogens is 268 g/mol. The first kappa shape index (κ1) is 14.0. The molecule has 1 aromatic heterocycles. The number of aryl methyl sites for hydroxylation is 1. The van der Waals surface area contributed by atoms with Gasteiger partial charge in [-0.05, 0) is 6.42 Å². The van der Waals surface area contributed by atoms with Crippen LogP contribution in [0.15, 0.2) is 11.1 Å². The van der Waals surface area contributed by atoms with Crippen LogP contribution in [0.25, 0.3) is 0 Å². The summed E-state index contributed by atoms with van der Waals surface area (Å²) in [5.74, 6) is -0.0155. The molecule has 8 heteroatoms. The van der Waals surface area contributed by atoms with Gasteiger partial charge in [0.1, 0.15) is 9.84 Å². The lowest BCUT2D eigenvalue weighted by Gasteiger charge is -2.07. The number of sulfone groups is 1. The first-order valence-corrected chi connectivity index (χ1v) is 7.25. The van der Waals surface area contributed by atoms with E-state index in [0.29, 0.717) is 6.42 Å². The number of rotatable bonds is 5. The van der Waals surface area contributed by atoms with Gasteiger partial charge in [-0.2, -0.15) is 0 Å². The van der Waals surface area contributed by atoms with Crippen molar-refractivity contribution in [2.75, 3.05) is 19.1 Å². The fraction of sp³-hybridized carbons (Fsp3) is 0.556. The topological polar surface area (TPSA) is 78.3 Å². The van der Waals surface area contributed by atoms with E-state index in [1.54, 1.807) is 0 Å². The average molecular weight is 281 g/mol. The Kier molecular flexibility index (Phi) is 4.53. The molecule has 6 nitrogen and oxygen atoms in total. The quantitative estimate of drug-likeness (QED) is 0.727. The van der Waals surface area contributed by atoms with Gasteiger partial charge in [-0.1, -0.05) is 11.6 Å². The molecule has 0 unspecified atom stereocenters. The molecule has 1 rings (SSSR count). The maximum atomic E-state index is 11.7. The van der Waals surface area contributed by atoms with E-state index in [-0.39, 0.29) is 23.2 Å². The summed E-state index contributed by atoms with van der Waals surface area (Å²) in [5.41, 5.74) is -0.416. The highest BCUT2D eigenvalue weighted by Gasteiger charge is 2.10. The Morgan fingerprint density at radius 3 is 2.71 bits per heavy atom. The normalized spacial score (nSPS) is 11.5. The molecule has 0 N–H and O–H groups in total. The van der Waals surface area contributed by atoms with Gasteiger partial charge in [0.2, 0.25) is 5.75 Å². The molecular formula is C9H13ClN2O4S. The highest BCUT2D eigenvalue weighted by atomic mass is 35.5. The largest absolute Gasteiger partial charge is 0.489 e. The zero-order chi connectivity index (χ0) is 13.1. The molecule has 17 heavy (non-hydrogen) atoms. The van der Waals surface area contributed by atoms with Crippen molar-refractivity contribution in [1.29, 1.82) is 0 Å². The van der Waals surface area contributed by atoms with Crippen molar-refractivity contribution in [1.82, 2.24) is 9.55 Å². The van der Waals surface area contributed by atoms with Gasteiger partial charge in [-0.25, -0.2) is 13.4 Å². The van der Waals surface area contributed by atoms with Crippen LogP contribution in [-0.2, 0) is 16.4 Å². The van der Waals surface area contributed by atoms with Crippen molar-refractivity contribution in [2.45, 2.75) is 13.0 Å². The number of ether oxygens (including phenoxy) is 1. The summed E-state index contributed by atoms with van der Waals surface area (Å²) < 4.78 is 28.0. The second-order valence-electron chi connectivity index (χ2n) is 3.55. The third kappa shape index (κ3) is 4.01. The zero-order valence-electron chi connectivity index (χ0n) is 9.51. The van der Waals surface area contributed by atoms with E-state index in [0.717, 1.165) is 6.26 Å². The summed E-state index contributed by atoms with van der Waals surface area (Å²) in [4.78, 5) is 15.5. The van der Waals surface area contributed by atoms with Crippen molar-refractivity contribution in [3.8, 4) is 5.75 Å². The van der Waals surface area contributed by atoms with E-state index in [9.17, 15) is 13.2 Å². The Morgan fingerprint density at radius 1 is 1.53 bits per heavy atom. The molecule has 0 aliphatic heterocycles. The number of methoxy groups -OCH3 is 1. The van der Waals surface area contributed by atoms with Crippen LogP contribution in [0.1, 0.15) is 6.42 Å². The molecule has 0 aliphatic carbocycles. The van der Waals surface area contributed by atoms with Crippen LogP contribution in [0, 0.1) is 0 Å². The Bertz CT molecular complexity index is 553. The number of hydrogen-bond acceptors (Lipinski definition) is 5. The SMILES string of the molecule is COc1c(Cl)ncn(CCCS(C)(=O)=O)c1=O. The minimum Gasteiger partial charge on any atom is -0.489 e. The standard InChI is InChI=1S/C9H13ClN2O4S/c1-16-7-8(10)11-6-12(9(7)13)4-3-5-17(2,14)15/h6H,3-5H2,1-2H3. The van der Waals surface area contributed by atoms with Crippen LogP contribution in [-0.4, -0.2) is 37.1 Å². The van der Waals surface area contributed by atoms with Crippen LogP contribution < -0.4 is 10.3 Å². The van der Waals surface area contributed by atoms with Gasteiger partial charge >= 0.3 is 0 Å². The van der Waals surface area contributed by atoms with Crippen molar-refractivity contribution in [3.05, 3.63) is 21.8 Å². The van der Waals surface area contributed by atoms with Crippen LogP contribution in [0.2, 0.25) is 5.15 Å². The fourth-order valence-electron chi connectivity index (χ4n) is 1.28. The zero-order valence-corrected chi connectivity index (χ0v) is 11.1. The van der Waals surface area contributed by atoms with Gasteiger partial charge in [-0.3, -0.25) is 9.36 Å².